The second-order valence-corrected chi connectivity index (χ2v) is 5.98. The number of aryl methyl sites for hydroxylation is 1. The van der Waals surface area contributed by atoms with Crippen LogP contribution in [0.5, 0.6) is 17.4 Å². The summed E-state index contributed by atoms with van der Waals surface area (Å²) in [7, 11) is 1.56. The highest BCUT2D eigenvalue weighted by Gasteiger charge is 2.21. The molecule has 0 aliphatic carbocycles. The van der Waals surface area contributed by atoms with Crippen molar-refractivity contribution in [3.63, 3.8) is 0 Å². The van der Waals surface area contributed by atoms with Gasteiger partial charge in [-0.15, -0.1) is 9.81 Å². The van der Waals surface area contributed by atoms with Gasteiger partial charge in [0.2, 0.25) is 5.88 Å². The summed E-state index contributed by atoms with van der Waals surface area (Å²) in [5.74, 6) is -0.471. The Bertz CT molecular complexity index is 1150. The van der Waals surface area contributed by atoms with Crippen LogP contribution in [0, 0.1) is 16.7 Å². The van der Waals surface area contributed by atoms with Crippen molar-refractivity contribution >= 4 is 28.4 Å². The molecule has 0 bridgehead atoms. The Labute approximate surface area is 169 Å². The lowest BCUT2D eigenvalue weighted by Crippen LogP contribution is -2.29. The number of benzene rings is 1. The topological polar surface area (TPSA) is 149 Å². The smallest absolute Gasteiger partial charge is 0.305 e. The minimum absolute atomic E-state index is 0.245. The molecule has 0 saturated heterocycles. The summed E-state index contributed by atoms with van der Waals surface area (Å²) >= 11 is 0. The zero-order chi connectivity index (χ0) is 21.7. The Morgan fingerprint density at radius 3 is 2.37 bits per heavy atom. The number of pyridine rings is 2. The van der Waals surface area contributed by atoms with Gasteiger partial charge in [-0.1, -0.05) is 0 Å². The van der Waals surface area contributed by atoms with E-state index in [-0.39, 0.29) is 22.6 Å². The first-order chi connectivity index (χ1) is 14.5. The van der Waals surface area contributed by atoms with Crippen LogP contribution in [0.3, 0.4) is 0 Å². The number of nitroso groups, excluding NO2 is 2. The van der Waals surface area contributed by atoms with Gasteiger partial charge in [0.25, 0.3) is 5.91 Å². The van der Waals surface area contributed by atoms with Crippen molar-refractivity contribution in [2.45, 2.75) is 6.92 Å². The van der Waals surface area contributed by atoms with Crippen LogP contribution in [0.4, 0.5) is 5.69 Å². The maximum atomic E-state index is 12.3. The molecule has 0 saturated carbocycles. The van der Waals surface area contributed by atoms with E-state index in [0.29, 0.717) is 22.7 Å². The molecule has 0 aliphatic rings. The van der Waals surface area contributed by atoms with Gasteiger partial charge in [-0.2, -0.15) is 0 Å². The molecule has 0 aliphatic heterocycles. The van der Waals surface area contributed by atoms with Crippen molar-refractivity contribution in [2.75, 3.05) is 13.7 Å². The first kappa shape index (κ1) is 20.5. The van der Waals surface area contributed by atoms with Crippen LogP contribution in [0.1, 0.15) is 16.2 Å². The van der Waals surface area contributed by atoms with Crippen LogP contribution in [0.25, 0.3) is 10.9 Å². The van der Waals surface area contributed by atoms with Crippen LogP contribution in [-0.4, -0.2) is 35.4 Å². The Kier molecular flexibility index (Phi) is 6.01. The van der Waals surface area contributed by atoms with E-state index in [1.165, 1.54) is 12.1 Å². The number of hydrogen-bond donors (Lipinski definition) is 1. The molecule has 2 aromatic heterocycles. The average molecular weight is 409 g/mol. The molecule has 11 heteroatoms. The van der Waals surface area contributed by atoms with Crippen molar-refractivity contribution in [3.8, 4) is 17.4 Å². The fourth-order valence-electron chi connectivity index (χ4n) is 2.65. The van der Waals surface area contributed by atoms with Crippen molar-refractivity contribution in [1.29, 1.82) is 0 Å². The van der Waals surface area contributed by atoms with Crippen LogP contribution < -0.4 is 14.8 Å². The first-order valence-corrected chi connectivity index (χ1v) is 8.57. The lowest BCUT2D eigenvalue weighted by molar-refractivity contribution is -0.117. The predicted octanol–water partition coefficient (Wildman–Crippen LogP) is 3.16. The highest BCUT2D eigenvalue weighted by Crippen LogP contribution is 2.32. The van der Waals surface area contributed by atoms with Gasteiger partial charge in [0.1, 0.15) is 23.7 Å². The van der Waals surface area contributed by atoms with E-state index in [1.54, 1.807) is 38.3 Å². The van der Waals surface area contributed by atoms with E-state index in [2.05, 4.69) is 25.6 Å². The van der Waals surface area contributed by atoms with Gasteiger partial charge >= 0.3 is 5.91 Å². The third kappa shape index (κ3) is 4.24. The number of hydrogen-bond acceptors (Lipinski definition) is 9. The van der Waals surface area contributed by atoms with Gasteiger partial charge < -0.3 is 14.8 Å². The molecule has 11 nitrogen and oxygen atoms in total. The van der Waals surface area contributed by atoms with Crippen molar-refractivity contribution < 1.29 is 19.1 Å². The number of methoxy groups -OCH3 is 1. The zero-order valence-electron chi connectivity index (χ0n) is 15.9. The molecule has 3 aromatic rings. The van der Waals surface area contributed by atoms with Crippen molar-refractivity contribution in [2.24, 2.45) is 10.4 Å². The monoisotopic (exact) mass is 409 g/mol. The maximum Gasteiger partial charge on any atom is 0.305 e. The summed E-state index contributed by atoms with van der Waals surface area (Å²) < 4.78 is 10.8. The normalized spacial score (nSPS) is 10.3. The zero-order valence-corrected chi connectivity index (χ0v) is 15.9. The summed E-state index contributed by atoms with van der Waals surface area (Å²) in [5, 5.41) is 7.53. The molecule has 2 amide bonds. The molecular weight excluding hydrogens is 394 g/mol. The molecule has 3 rings (SSSR count). The molecule has 0 atom stereocenters. The molecule has 1 aromatic carbocycles. The van der Waals surface area contributed by atoms with E-state index in [1.807, 2.05) is 0 Å². The van der Waals surface area contributed by atoms with E-state index < -0.39 is 18.4 Å². The molecule has 2 heterocycles. The SMILES string of the molecule is COc1ccc(Oc2ccc3c(N=O)c(C(=O)NCC(=O)N=O)nc(C)c3n2)cc1. The third-order valence-corrected chi connectivity index (χ3v) is 4.06. The molecule has 0 spiro atoms. The summed E-state index contributed by atoms with van der Waals surface area (Å²) in [5.41, 5.74) is 0.114. The van der Waals surface area contributed by atoms with Crippen LogP contribution in [-0.2, 0) is 4.79 Å². The standard InChI is InChI=1S/C19H15N5O6/c1-10-16-13(17(24-28)18(21-10)19(26)20-9-14(25)23-27)7-8-15(22-16)30-12-5-3-11(29-2)4-6-12/h3-8H,9H2,1-2H3,(H,20,26). The maximum absolute atomic E-state index is 12.3. The van der Waals surface area contributed by atoms with E-state index >= 15 is 0 Å². The quantitative estimate of drug-likeness (QED) is 0.585. The number of amides is 2. The van der Waals surface area contributed by atoms with Gasteiger partial charge in [-0.25, -0.2) is 9.97 Å². The van der Waals surface area contributed by atoms with Gasteiger partial charge in [0.05, 0.1) is 18.3 Å². The van der Waals surface area contributed by atoms with Crippen LogP contribution >= 0.6 is 0 Å². The number of nitrogens with one attached hydrogen (secondary N) is 1. The number of nitrogens with zero attached hydrogens (tertiary/aromatic N) is 4. The van der Waals surface area contributed by atoms with E-state index in [0.717, 1.165) is 0 Å². The summed E-state index contributed by atoms with van der Waals surface area (Å²) in [6, 6.07) is 9.92. The summed E-state index contributed by atoms with van der Waals surface area (Å²) in [4.78, 5) is 53.2. The number of aromatic nitrogens is 2. The Morgan fingerprint density at radius 2 is 1.73 bits per heavy atom. The summed E-state index contributed by atoms with van der Waals surface area (Å²) in [6.45, 7) is 0.974. The number of carbonyl (C=O) groups excluding carboxylic acids is 2. The van der Waals surface area contributed by atoms with E-state index in [9.17, 15) is 19.4 Å². The first-order valence-electron chi connectivity index (χ1n) is 8.57. The average Bonchev–Trinajstić information content (AvgIpc) is 2.77. The fraction of sp³-hybridized carbons (Fsp3) is 0.158. The molecular formula is C19H15N5O6. The second-order valence-electron chi connectivity index (χ2n) is 5.98. The second kappa shape index (κ2) is 8.82. The van der Waals surface area contributed by atoms with Gasteiger partial charge in [0.15, 0.2) is 5.69 Å². The van der Waals surface area contributed by atoms with Gasteiger partial charge in [0, 0.05) is 16.6 Å². The molecule has 152 valence electrons. The van der Waals surface area contributed by atoms with Crippen LogP contribution in [0.2, 0.25) is 0 Å². The highest BCUT2D eigenvalue weighted by molar-refractivity contribution is 6.06. The Morgan fingerprint density at radius 1 is 1.03 bits per heavy atom. The largest absolute Gasteiger partial charge is 0.497 e. The molecule has 0 radical (unpaired) electrons. The van der Waals surface area contributed by atoms with Crippen LogP contribution in [0.15, 0.2) is 46.8 Å². The lowest BCUT2D eigenvalue weighted by atomic mass is 10.1. The van der Waals surface area contributed by atoms with Crippen molar-refractivity contribution in [3.05, 3.63) is 57.6 Å². The number of rotatable bonds is 7. The predicted molar refractivity (Wildman–Crippen MR) is 106 cm³/mol. The lowest BCUT2D eigenvalue weighted by Gasteiger charge is -2.11. The molecule has 1 N–H and O–H groups in total. The summed E-state index contributed by atoms with van der Waals surface area (Å²) in [6.07, 6.45) is 0. The van der Waals surface area contributed by atoms with E-state index in [4.69, 9.17) is 9.47 Å². The molecule has 0 unspecified atom stereocenters. The van der Waals surface area contributed by atoms with Gasteiger partial charge in [-0.05, 0) is 42.4 Å². The Hall–Kier alpha value is -4.28. The third-order valence-electron chi connectivity index (χ3n) is 4.06. The minimum Gasteiger partial charge on any atom is -0.497 e. The number of carbonyl (C=O) groups is 2. The number of fused-ring (bicyclic) bond motifs is 1. The minimum atomic E-state index is -1.07. The number of ether oxygens (including phenoxy) is 2. The Balaban J connectivity index is 1.95. The van der Waals surface area contributed by atoms with Crippen molar-refractivity contribution in [1.82, 2.24) is 15.3 Å². The fourth-order valence-corrected chi connectivity index (χ4v) is 2.65. The molecule has 0 fully saturated rings. The van der Waals surface area contributed by atoms with Gasteiger partial charge in [-0.3, -0.25) is 9.59 Å². The molecule has 30 heavy (non-hydrogen) atoms. The highest BCUT2D eigenvalue weighted by atomic mass is 16.5.